The molecule has 0 spiro atoms. The number of alkyl halides is 2. The fourth-order valence-corrected chi connectivity index (χ4v) is 6.33. The van der Waals surface area contributed by atoms with Crippen LogP contribution >= 0.6 is 11.9 Å². The minimum absolute atomic E-state index is 0.0323. The van der Waals surface area contributed by atoms with Crippen molar-refractivity contribution in [3.8, 4) is 28.1 Å². The lowest BCUT2D eigenvalue weighted by atomic mass is 9.89. The topological polar surface area (TPSA) is 108 Å². The van der Waals surface area contributed by atoms with Crippen LogP contribution in [0.4, 0.5) is 24.7 Å². The number of nitrogen functional groups attached to an aromatic ring is 1. The molecule has 6 rings (SSSR count). The number of ether oxygens (including phenoxy) is 1. The Morgan fingerprint density at radius 3 is 2.64 bits per heavy atom. The van der Waals surface area contributed by atoms with E-state index in [1.807, 2.05) is 17.9 Å². The summed E-state index contributed by atoms with van der Waals surface area (Å²) in [5, 5.41) is 13.8. The van der Waals surface area contributed by atoms with Crippen LogP contribution in [0, 0.1) is 5.82 Å². The van der Waals surface area contributed by atoms with Crippen LogP contribution in [0.2, 0.25) is 0 Å². The molecular weight excluding hydrogens is 601 g/mol. The molecule has 1 aliphatic heterocycles. The Hall–Kier alpha value is -4.23. The van der Waals surface area contributed by atoms with Crippen molar-refractivity contribution in [2.45, 2.75) is 57.1 Å². The molecule has 1 aliphatic rings. The Labute approximate surface area is 263 Å². The van der Waals surface area contributed by atoms with Crippen molar-refractivity contribution < 1.29 is 17.9 Å². The number of hydrogen-bond acceptors (Lipinski definition) is 8. The zero-order valence-corrected chi connectivity index (χ0v) is 26.2. The molecular formula is C32H35F3N8OS. The Bertz CT molecular complexity index is 1820. The number of aryl methyl sites for hydroxylation is 1. The molecule has 2 aromatic carbocycles. The number of nitrogens with one attached hydrogen (secondary N) is 2. The second kappa shape index (κ2) is 12.3. The maximum Gasteiger partial charge on any atom is 0.302 e. The third-order valence-electron chi connectivity index (χ3n) is 8.16. The fourth-order valence-electron chi connectivity index (χ4n) is 5.94. The number of rotatable bonds is 9. The first kappa shape index (κ1) is 30.8. The van der Waals surface area contributed by atoms with Crippen molar-refractivity contribution in [3.63, 3.8) is 0 Å². The van der Waals surface area contributed by atoms with Crippen LogP contribution in [0.1, 0.15) is 51.3 Å². The van der Waals surface area contributed by atoms with Crippen LogP contribution in [0.3, 0.4) is 0 Å². The first-order chi connectivity index (χ1) is 21.5. The van der Waals surface area contributed by atoms with E-state index in [2.05, 4.69) is 35.1 Å². The second-order valence-electron chi connectivity index (χ2n) is 11.9. The van der Waals surface area contributed by atoms with Gasteiger partial charge in [-0.1, -0.05) is 18.2 Å². The summed E-state index contributed by atoms with van der Waals surface area (Å²) in [7, 11) is 1.84. The maximum atomic E-state index is 13.5. The van der Waals surface area contributed by atoms with E-state index in [1.165, 1.54) is 12.1 Å². The average molecular weight is 637 g/mol. The highest BCUT2D eigenvalue weighted by Gasteiger charge is 2.29. The highest BCUT2D eigenvalue weighted by molar-refractivity contribution is 8.00. The van der Waals surface area contributed by atoms with Gasteiger partial charge in [0, 0.05) is 53.6 Å². The maximum absolute atomic E-state index is 13.5. The van der Waals surface area contributed by atoms with E-state index < -0.39 is 11.9 Å². The molecule has 1 saturated heterocycles. The molecule has 45 heavy (non-hydrogen) atoms. The van der Waals surface area contributed by atoms with Crippen LogP contribution in [0.5, 0.6) is 5.75 Å². The van der Waals surface area contributed by atoms with Crippen molar-refractivity contribution in [2.24, 2.45) is 7.05 Å². The van der Waals surface area contributed by atoms with Gasteiger partial charge in [-0.05, 0) is 70.0 Å². The Morgan fingerprint density at radius 2 is 1.91 bits per heavy atom. The summed E-state index contributed by atoms with van der Waals surface area (Å²) in [6.07, 6.45) is 7.09. The molecule has 0 amide bonds. The molecule has 3 aromatic heterocycles. The largest absolute Gasteiger partial charge is 0.484 e. The minimum Gasteiger partial charge on any atom is -0.484 e. The zero-order chi connectivity index (χ0) is 31.9. The van der Waals surface area contributed by atoms with Crippen LogP contribution in [-0.4, -0.2) is 42.4 Å². The molecule has 2 unspecified atom stereocenters. The third kappa shape index (κ3) is 6.45. The standard InChI is InChI=1S/C32H35F3N8OS/c1-18(19-5-8-22(33)9-6-19)44-26-13-20(7-10-25(26)41-45-31(34)35)28-27-29(42(4)40-28)24(16-37-30(27)36)21-15-39-43(17-21)23-11-12-38-32(2,3)14-23/h5-10,13,15-18,23,31,38,41H,11-12,14H2,1-4H3,(H2,36,37). The fraction of sp³-hybridized carbons (Fsp3) is 0.344. The monoisotopic (exact) mass is 636 g/mol. The van der Waals surface area contributed by atoms with Crippen molar-refractivity contribution >= 4 is 34.4 Å². The third-order valence-corrected chi connectivity index (χ3v) is 8.68. The normalized spacial score (nSPS) is 17.1. The summed E-state index contributed by atoms with van der Waals surface area (Å²) < 4.78 is 52.4. The van der Waals surface area contributed by atoms with Crippen LogP contribution in [0.25, 0.3) is 33.3 Å². The number of aromatic nitrogens is 5. The average Bonchev–Trinajstić information content (AvgIpc) is 3.62. The summed E-state index contributed by atoms with van der Waals surface area (Å²) in [6.45, 7) is 7.14. The highest BCUT2D eigenvalue weighted by Crippen LogP contribution is 2.41. The number of hydrogen-bond donors (Lipinski definition) is 3. The molecule has 1 fully saturated rings. The molecule has 4 heterocycles. The van der Waals surface area contributed by atoms with Crippen LogP contribution in [-0.2, 0) is 7.05 Å². The van der Waals surface area contributed by atoms with Gasteiger partial charge in [-0.3, -0.25) is 9.36 Å². The van der Waals surface area contributed by atoms with Gasteiger partial charge in [0.15, 0.2) is 0 Å². The Morgan fingerprint density at radius 1 is 1.13 bits per heavy atom. The van der Waals surface area contributed by atoms with Gasteiger partial charge in [-0.2, -0.15) is 19.0 Å². The molecule has 13 heteroatoms. The van der Waals surface area contributed by atoms with Gasteiger partial charge in [0.25, 0.3) is 0 Å². The summed E-state index contributed by atoms with van der Waals surface area (Å²) in [5.74, 6) is -2.37. The van der Waals surface area contributed by atoms with E-state index in [9.17, 15) is 13.2 Å². The van der Waals surface area contributed by atoms with Crippen molar-refractivity contribution in [3.05, 3.63) is 72.4 Å². The van der Waals surface area contributed by atoms with Gasteiger partial charge >= 0.3 is 5.76 Å². The molecule has 5 aromatic rings. The van der Waals surface area contributed by atoms with Gasteiger partial charge in [-0.25, -0.2) is 9.37 Å². The molecule has 0 saturated carbocycles. The lowest BCUT2D eigenvalue weighted by Crippen LogP contribution is -2.46. The number of piperidine rings is 1. The number of nitrogens with two attached hydrogens (primary N) is 1. The Kier molecular flexibility index (Phi) is 8.40. The van der Waals surface area contributed by atoms with Crippen molar-refractivity contribution in [1.29, 1.82) is 0 Å². The summed E-state index contributed by atoms with van der Waals surface area (Å²) in [4.78, 5) is 4.53. The van der Waals surface area contributed by atoms with E-state index in [0.29, 0.717) is 33.9 Å². The lowest BCUT2D eigenvalue weighted by molar-refractivity contribution is 0.221. The number of benzene rings is 2. The molecule has 4 N–H and O–H groups in total. The Balaban J connectivity index is 1.38. The predicted molar refractivity (Wildman–Crippen MR) is 173 cm³/mol. The minimum atomic E-state index is -2.64. The number of nitrogens with zero attached hydrogens (tertiary/aromatic N) is 5. The first-order valence-corrected chi connectivity index (χ1v) is 15.5. The molecule has 9 nitrogen and oxygen atoms in total. The van der Waals surface area contributed by atoms with Gasteiger partial charge in [0.2, 0.25) is 0 Å². The highest BCUT2D eigenvalue weighted by atomic mass is 32.2. The second-order valence-corrected chi connectivity index (χ2v) is 12.7. The summed E-state index contributed by atoms with van der Waals surface area (Å²) in [6, 6.07) is 11.4. The summed E-state index contributed by atoms with van der Waals surface area (Å²) in [5.41, 5.74) is 11.4. The van der Waals surface area contributed by atoms with Gasteiger partial charge in [0.05, 0.1) is 28.8 Å². The van der Waals surface area contributed by atoms with Gasteiger partial charge < -0.3 is 20.5 Å². The molecule has 236 valence electrons. The lowest BCUT2D eigenvalue weighted by Gasteiger charge is -2.36. The van der Waals surface area contributed by atoms with Crippen LogP contribution in [0.15, 0.2) is 61.1 Å². The summed E-state index contributed by atoms with van der Waals surface area (Å²) >= 11 is 0.272. The molecule has 0 aliphatic carbocycles. The van der Waals surface area contributed by atoms with Gasteiger partial charge in [-0.15, -0.1) is 0 Å². The van der Waals surface area contributed by atoms with E-state index in [-0.39, 0.29) is 29.3 Å². The molecule has 0 radical (unpaired) electrons. The number of pyridine rings is 1. The quantitative estimate of drug-likeness (QED) is 0.144. The number of anilines is 2. The van der Waals surface area contributed by atoms with Crippen molar-refractivity contribution in [2.75, 3.05) is 17.0 Å². The van der Waals surface area contributed by atoms with Crippen molar-refractivity contribution in [1.82, 2.24) is 29.9 Å². The van der Waals surface area contributed by atoms with Gasteiger partial charge in [0.1, 0.15) is 29.2 Å². The molecule has 0 bridgehead atoms. The van der Waals surface area contributed by atoms with E-state index in [1.54, 1.807) is 48.1 Å². The first-order valence-electron chi connectivity index (χ1n) is 14.7. The smallest absolute Gasteiger partial charge is 0.302 e. The van der Waals surface area contributed by atoms with E-state index >= 15 is 0 Å². The van der Waals surface area contributed by atoms with E-state index in [4.69, 9.17) is 20.7 Å². The number of fused-ring (bicyclic) bond motifs is 1. The molecule has 2 atom stereocenters. The zero-order valence-electron chi connectivity index (χ0n) is 25.4. The van der Waals surface area contributed by atoms with Crippen LogP contribution < -0.4 is 20.5 Å². The predicted octanol–water partition coefficient (Wildman–Crippen LogP) is 7.35. The SMILES string of the molecule is CC(Oc1cc(-c2nn(C)c3c(-c4cnn(C5CCNC(C)(C)C5)c4)cnc(N)c23)ccc1NSC(F)F)c1ccc(F)cc1. The number of halogens is 3. The van der Waals surface area contributed by atoms with E-state index in [0.717, 1.165) is 41.6 Å².